The van der Waals surface area contributed by atoms with Gasteiger partial charge in [0, 0.05) is 10.8 Å². The third-order valence-electron chi connectivity index (χ3n) is 7.88. The minimum absolute atomic E-state index is 1.22. The molecule has 0 saturated carbocycles. The van der Waals surface area contributed by atoms with Gasteiger partial charge in [-0.15, -0.1) is 0 Å². The van der Waals surface area contributed by atoms with E-state index in [1.54, 1.807) is 0 Å². The highest BCUT2D eigenvalue weighted by molar-refractivity contribution is 7.80. The van der Waals surface area contributed by atoms with Gasteiger partial charge in [-0.2, -0.15) is 0 Å². The topological polar surface area (TPSA) is 0 Å². The molecule has 0 nitrogen and oxygen atoms in total. The molecule has 0 heterocycles. The average Bonchev–Trinajstić information content (AvgIpc) is 3.27. The highest BCUT2D eigenvalue weighted by Gasteiger charge is 2.31. The summed E-state index contributed by atoms with van der Waals surface area (Å²) < 4.78 is 0. The van der Waals surface area contributed by atoms with E-state index in [0.29, 0.717) is 0 Å². The van der Waals surface area contributed by atoms with Crippen molar-refractivity contribution < 1.29 is 0 Å². The van der Waals surface area contributed by atoms with E-state index in [2.05, 4.69) is 140 Å². The monoisotopic (exact) mass is 487 g/mol. The van der Waals surface area contributed by atoms with Crippen LogP contribution >= 0.6 is 7.92 Å². The van der Waals surface area contributed by atoms with E-state index in [1.807, 2.05) is 0 Å². The van der Waals surface area contributed by atoms with E-state index in [0.717, 1.165) is 0 Å². The van der Waals surface area contributed by atoms with Gasteiger partial charge >= 0.3 is 0 Å². The first-order valence-corrected chi connectivity index (χ1v) is 14.4. The number of hydrogen-bond donors (Lipinski definition) is 0. The fourth-order valence-electron chi connectivity index (χ4n) is 6.19. The molecule has 8 rings (SSSR count). The standard InChI is InChI=1S/C36H23P/c1-2-13-28(14-3-1)37(29-18-17-24-9-4-5-10-25(24)21-29)35-20-19-31-34-23-27-12-7-6-11-26(27)22-33(34)30-15-8-16-32(35)36(30)31/h1-23H/p+1. The normalized spacial score (nSPS) is 12.8. The van der Waals surface area contributed by atoms with E-state index in [-0.39, 0.29) is 0 Å². The third kappa shape index (κ3) is 3.20. The molecule has 1 unspecified atom stereocenters. The molecule has 7 aromatic rings. The van der Waals surface area contributed by atoms with Gasteiger partial charge in [-0.3, -0.25) is 0 Å². The van der Waals surface area contributed by atoms with Crippen LogP contribution in [0.5, 0.6) is 0 Å². The Morgan fingerprint density at radius 2 is 0.973 bits per heavy atom. The van der Waals surface area contributed by atoms with Crippen LogP contribution in [-0.2, 0) is 0 Å². The fraction of sp³-hybridized carbons (Fsp3) is 0. The molecule has 37 heavy (non-hydrogen) atoms. The second-order valence-corrected chi connectivity index (χ2v) is 12.4. The van der Waals surface area contributed by atoms with Crippen LogP contribution in [0.1, 0.15) is 0 Å². The van der Waals surface area contributed by atoms with Crippen LogP contribution < -0.4 is 15.9 Å². The SMILES string of the molecule is c1ccc([PH+](c2ccc3ccccc3c2)c2ccc3c4c(cccc24)-c2cc4ccccc4cc2-3)cc1. The van der Waals surface area contributed by atoms with Crippen LogP contribution in [0.15, 0.2) is 140 Å². The van der Waals surface area contributed by atoms with Gasteiger partial charge in [-0.05, 0) is 92.3 Å². The zero-order valence-electron chi connectivity index (χ0n) is 20.3. The van der Waals surface area contributed by atoms with E-state index < -0.39 is 7.92 Å². The first-order chi connectivity index (χ1) is 18.3. The van der Waals surface area contributed by atoms with Crippen molar-refractivity contribution in [1.29, 1.82) is 0 Å². The zero-order valence-corrected chi connectivity index (χ0v) is 21.3. The lowest BCUT2D eigenvalue weighted by molar-refractivity contribution is 1.73. The van der Waals surface area contributed by atoms with Gasteiger partial charge in [0.2, 0.25) is 0 Å². The molecule has 1 atom stereocenters. The van der Waals surface area contributed by atoms with Gasteiger partial charge in [0.05, 0.1) is 7.92 Å². The molecule has 0 bridgehead atoms. The van der Waals surface area contributed by atoms with Crippen LogP contribution in [0.3, 0.4) is 0 Å². The smallest absolute Gasteiger partial charge is 0.0620 e. The molecule has 7 aromatic carbocycles. The Labute approximate surface area is 217 Å². The van der Waals surface area contributed by atoms with Gasteiger partial charge in [0.15, 0.2) is 0 Å². The molecule has 1 aliphatic carbocycles. The molecule has 0 N–H and O–H groups in total. The van der Waals surface area contributed by atoms with E-state index in [4.69, 9.17) is 0 Å². The quantitative estimate of drug-likeness (QED) is 0.220. The van der Waals surface area contributed by atoms with Crippen molar-refractivity contribution in [2.24, 2.45) is 0 Å². The first-order valence-electron chi connectivity index (χ1n) is 12.9. The summed E-state index contributed by atoms with van der Waals surface area (Å²) in [6, 6.07) is 52.1. The van der Waals surface area contributed by atoms with Crippen molar-refractivity contribution in [3.63, 3.8) is 0 Å². The second kappa shape index (κ2) is 8.13. The summed E-state index contributed by atoms with van der Waals surface area (Å²) in [7, 11) is -1.22. The van der Waals surface area contributed by atoms with E-state index in [1.165, 1.54) is 70.5 Å². The van der Waals surface area contributed by atoms with Crippen LogP contribution in [0.2, 0.25) is 0 Å². The van der Waals surface area contributed by atoms with Gasteiger partial charge in [0.25, 0.3) is 0 Å². The van der Waals surface area contributed by atoms with Crippen LogP contribution in [-0.4, -0.2) is 0 Å². The van der Waals surface area contributed by atoms with Crippen molar-refractivity contribution in [1.82, 2.24) is 0 Å². The lowest BCUT2D eigenvalue weighted by atomic mass is 9.99. The molecular weight excluding hydrogens is 463 g/mol. The Kier molecular flexibility index (Phi) is 4.59. The molecule has 0 fully saturated rings. The zero-order chi connectivity index (χ0) is 24.3. The van der Waals surface area contributed by atoms with Gasteiger partial charge in [-0.25, -0.2) is 0 Å². The molecule has 0 aromatic heterocycles. The van der Waals surface area contributed by atoms with Crippen molar-refractivity contribution in [2.75, 3.05) is 0 Å². The molecule has 172 valence electrons. The lowest BCUT2D eigenvalue weighted by Crippen LogP contribution is -2.21. The highest BCUT2D eigenvalue weighted by atomic mass is 31.1. The average molecular weight is 488 g/mol. The molecule has 0 saturated heterocycles. The second-order valence-electron chi connectivity index (χ2n) is 9.94. The maximum atomic E-state index is 2.42. The molecule has 0 aliphatic heterocycles. The summed E-state index contributed by atoms with van der Waals surface area (Å²) in [5.41, 5.74) is 5.44. The maximum Gasteiger partial charge on any atom is 0.110 e. The Bertz CT molecular complexity index is 1940. The largest absolute Gasteiger partial charge is 0.110 e. The summed E-state index contributed by atoms with van der Waals surface area (Å²) in [6.07, 6.45) is 0. The third-order valence-corrected chi connectivity index (χ3v) is 10.7. The Morgan fingerprint density at radius 1 is 0.351 bits per heavy atom. The van der Waals surface area contributed by atoms with Crippen molar-refractivity contribution in [2.45, 2.75) is 0 Å². The number of hydrogen-bond acceptors (Lipinski definition) is 0. The van der Waals surface area contributed by atoms with Crippen molar-refractivity contribution >= 4 is 56.2 Å². The van der Waals surface area contributed by atoms with E-state index >= 15 is 0 Å². The Morgan fingerprint density at radius 3 is 1.70 bits per heavy atom. The molecular formula is C36H24P+. The van der Waals surface area contributed by atoms with Crippen molar-refractivity contribution in [3.8, 4) is 22.3 Å². The summed E-state index contributed by atoms with van der Waals surface area (Å²) in [5, 5.41) is 12.3. The summed E-state index contributed by atoms with van der Waals surface area (Å²) in [6.45, 7) is 0. The Balaban J connectivity index is 1.40. The first kappa shape index (κ1) is 20.9. The van der Waals surface area contributed by atoms with Crippen LogP contribution in [0, 0.1) is 0 Å². The minimum Gasteiger partial charge on any atom is -0.0620 e. The minimum atomic E-state index is -1.22. The molecule has 0 amide bonds. The Hall–Kier alpha value is -4.25. The molecule has 0 spiro atoms. The van der Waals surface area contributed by atoms with Gasteiger partial charge in [0.1, 0.15) is 15.9 Å². The lowest BCUT2D eigenvalue weighted by Gasteiger charge is -2.15. The fourth-order valence-corrected chi connectivity index (χ4v) is 8.95. The molecule has 1 heteroatoms. The van der Waals surface area contributed by atoms with Crippen LogP contribution in [0.25, 0.3) is 54.6 Å². The summed E-state index contributed by atoms with van der Waals surface area (Å²) >= 11 is 0. The predicted molar refractivity (Wildman–Crippen MR) is 163 cm³/mol. The summed E-state index contributed by atoms with van der Waals surface area (Å²) in [5.74, 6) is 0. The number of rotatable bonds is 3. The van der Waals surface area contributed by atoms with Gasteiger partial charge < -0.3 is 0 Å². The van der Waals surface area contributed by atoms with Crippen molar-refractivity contribution in [3.05, 3.63) is 140 Å². The molecule has 0 radical (unpaired) electrons. The number of benzene rings is 7. The van der Waals surface area contributed by atoms with Gasteiger partial charge in [-0.1, -0.05) is 91.0 Å². The summed E-state index contributed by atoms with van der Waals surface area (Å²) in [4.78, 5) is 0. The molecule has 1 aliphatic rings. The van der Waals surface area contributed by atoms with Crippen LogP contribution in [0.4, 0.5) is 0 Å². The number of fused-ring (bicyclic) bond motifs is 5. The maximum absolute atomic E-state index is 2.42. The van der Waals surface area contributed by atoms with E-state index in [9.17, 15) is 0 Å². The predicted octanol–water partition coefficient (Wildman–Crippen LogP) is 8.28. The highest BCUT2D eigenvalue weighted by Crippen LogP contribution is 2.50.